The summed E-state index contributed by atoms with van der Waals surface area (Å²) in [6.45, 7) is -0.523. The maximum absolute atomic E-state index is 12.4. The molecule has 1 aromatic carbocycles. The quantitative estimate of drug-likeness (QED) is 0.370. The molecule has 0 saturated carbocycles. The zero-order valence-corrected chi connectivity index (χ0v) is 14.1. The second kappa shape index (κ2) is 7.06. The van der Waals surface area contributed by atoms with Gasteiger partial charge in [0.1, 0.15) is 18.5 Å². The monoisotopic (exact) mass is 375 g/mol. The van der Waals surface area contributed by atoms with Gasteiger partial charge in [-0.05, 0) is 5.56 Å². The first kappa shape index (κ1) is 17.8. The van der Waals surface area contributed by atoms with Crippen molar-refractivity contribution in [2.75, 3.05) is 0 Å². The van der Waals surface area contributed by atoms with Crippen LogP contribution in [0.2, 0.25) is 5.15 Å². The molecule has 0 bridgehead atoms. The third-order valence-electron chi connectivity index (χ3n) is 3.73. The Balaban J connectivity index is 1.83. The van der Waals surface area contributed by atoms with Crippen molar-refractivity contribution in [2.24, 2.45) is 5.73 Å². The highest BCUT2D eigenvalue weighted by molar-refractivity contribution is 6.33. The number of fused-ring (bicyclic) bond motifs is 1. The predicted molar refractivity (Wildman–Crippen MR) is 91.1 cm³/mol. The van der Waals surface area contributed by atoms with Gasteiger partial charge in [0.05, 0.1) is 12.9 Å². The Hall–Kier alpha value is -3.04. The summed E-state index contributed by atoms with van der Waals surface area (Å²) in [5.74, 6) is -2.60. The number of carboxylic acids is 1. The molecular formula is C16H14ClN5O4. The second-order valence-electron chi connectivity index (χ2n) is 5.55. The van der Waals surface area contributed by atoms with Gasteiger partial charge in [-0.3, -0.25) is 0 Å². The number of nitrogens with zero attached hydrogens (tertiary/aromatic N) is 4. The number of carbonyl (C=O) groups excluding carboxylic acids is 1. The molecule has 1 atom stereocenters. The molecule has 0 radical (unpaired) electrons. The zero-order valence-electron chi connectivity index (χ0n) is 13.4. The van der Waals surface area contributed by atoms with Gasteiger partial charge in [-0.25, -0.2) is 24.5 Å². The maximum Gasteiger partial charge on any atom is 0.340 e. The number of aromatic nitrogens is 4. The number of halogens is 1. The average molecular weight is 376 g/mol. The van der Waals surface area contributed by atoms with E-state index in [9.17, 15) is 14.7 Å². The Bertz CT molecular complexity index is 962. The van der Waals surface area contributed by atoms with Gasteiger partial charge in [0.25, 0.3) is 0 Å². The van der Waals surface area contributed by atoms with E-state index in [1.165, 1.54) is 17.2 Å². The lowest BCUT2D eigenvalue weighted by Crippen LogP contribution is -2.58. The van der Waals surface area contributed by atoms with E-state index >= 15 is 0 Å². The van der Waals surface area contributed by atoms with Crippen LogP contribution < -0.4 is 5.73 Å². The molecule has 0 saturated heterocycles. The molecule has 134 valence electrons. The molecule has 1 unspecified atom stereocenters. The van der Waals surface area contributed by atoms with Crippen molar-refractivity contribution in [3.8, 4) is 0 Å². The molecule has 0 fully saturated rings. The first-order valence-corrected chi connectivity index (χ1v) is 7.84. The topological polar surface area (TPSA) is 133 Å². The van der Waals surface area contributed by atoms with Crippen LogP contribution in [0.1, 0.15) is 5.56 Å². The van der Waals surface area contributed by atoms with Crippen LogP contribution in [0.4, 0.5) is 0 Å². The summed E-state index contributed by atoms with van der Waals surface area (Å²) in [5, 5.41) is 9.62. The maximum atomic E-state index is 12.4. The van der Waals surface area contributed by atoms with Crippen LogP contribution in [0, 0.1) is 0 Å². The number of imidazole rings is 1. The molecule has 3 rings (SSSR count). The van der Waals surface area contributed by atoms with Gasteiger partial charge in [-0.15, -0.1) is 0 Å². The molecule has 0 aliphatic heterocycles. The van der Waals surface area contributed by atoms with E-state index in [-0.39, 0.29) is 22.9 Å². The van der Waals surface area contributed by atoms with E-state index in [0.717, 1.165) is 0 Å². The molecular weight excluding hydrogens is 362 g/mol. The van der Waals surface area contributed by atoms with Crippen LogP contribution in [-0.2, 0) is 27.5 Å². The minimum Gasteiger partial charge on any atom is -0.479 e. The van der Waals surface area contributed by atoms with E-state index in [4.69, 9.17) is 22.1 Å². The van der Waals surface area contributed by atoms with Crippen molar-refractivity contribution >= 4 is 34.7 Å². The average Bonchev–Trinajstić information content (AvgIpc) is 3.04. The summed E-state index contributed by atoms with van der Waals surface area (Å²) in [4.78, 5) is 35.9. The minimum absolute atomic E-state index is 0.0927. The van der Waals surface area contributed by atoms with Crippen LogP contribution in [0.5, 0.6) is 0 Å². The molecule has 0 aliphatic rings. The standard InChI is InChI=1S/C16H14ClN5O4/c17-12-11-13(20-8-19-12)22(9-21-11)7-16(18,14(23)24)15(25)26-6-10-4-2-1-3-5-10/h1-5,8-9H,6-7,18H2,(H,23,24). The number of rotatable bonds is 6. The zero-order chi connectivity index (χ0) is 18.7. The lowest BCUT2D eigenvalue weighted by molar-refractivity contribution is -0.162. The normalized spacial score (nSPS) is 13.3. The van der Waals surface area contributed by atoms with Gasteiger partial charge >= 0.3 is 11.9 Å². The van der Waals surface area contributed by atoms with Gasteiger partial charge in [0, 0.05) is 0 Å². The number of carbonyl (C=O) groups is 2. The van der Waals surface area contributed by atoms with Crippen LogP contribution >= 0.6 is 11.6 Å². The van der Waals surface area contributed by atoms with Crippen LogP contribution in [0.25, 0.3) is 11.2 Å². The number of hydrogen-bond donors (Lipinski definition) is 2. The number of hydrogen-bond acceptors (Lipinski definition) is 7. The summed E-state index contributed by atoms with van der Waals surface area (Å²) >= 11 is 5.92. The molecule has 0 spiro atoms. The van der Waals surface area contributed by atoms with Gasteiger partial charge < -0.3 is 20.1 Å². The fraction of sp³-hybridized carbons (Fsp3) is 0.188. The third-order valence-corrected chi connectivity index (χ3v) is 4.01. The number of nitrogens with two attached hydrogens (primary N) is 1. The molecule has 3 aromatic rings. The highest BCUT2D eigenvalue weighted by Gasteiger charge is 2.45. The molecule has 2 heterocycles. The summed E-state index contributed by atoms with van der Waals surface area (Å²) in [5.41, 5.74) is 4.80. The van der Waals surface area contributed by atoms with Crippen molar-refractivity contribution in [1.82, 2.24) is 19.5 Å². The lowest BCUT2D eigenvalue weighted by atomic mass is 10.0. The number of aliphatic carboxylic acids is 1. The number of esters is 1. The van der Waals surface area contributed by atoms with Crippen molar-refractivity contribution < 1.29 is 19.4 Å². The first-order chi connectivity index (χ1) is 12.4. The minimum atomic E-state index is -2.32. The van der Waals surface area contributed by atoms with Crippen molar-refractivity contribution in [1.29, 1.82) is 0 Å². The Labute approximate surface area is 152 Å². The Morgan fingerprint density at radius 1 is 1.23 bits per heavy atom. The fourth-order valence-electron chi connectivity index (χ4n) is 2.31. The van der Waals surface area contributed by atoms with Gasteiger partial charge in [0.15, 0.2) is 10.8 Å². The number of ether oxygens (including phenoxy) is 1. The highest BCUT2D eigenvalue weighted by atomic mass is 35.5. The second-order valence-corrected chi connectivity index (χ2v) is 5.91. The number of carboxylic acid groups (broad SMARTS) is 1. The molecule has 26 heavy (non-hydrogen) atoms. The van der Waals surface area contributed by atoms with Crippen LogP contribution in [0.15, 0.2) is 43.0 Å². The highest BCUT2D eigenvalue weighted by Crippen LogP contribution is 2.19. The summed E-state index contributed by atoms with van der Waals surface area (Å²) in [6, 6.07) is 8.85. The first-order valence-electron chi connectivity index (χ1n) is 7.46. The fourth-order valence-corrected chi connectivity index (χ4v) is 2.48. The largest absolute Gasteiger partial charge is 0.479 e. The van der Waals surface area contributed by atoms with E-state index in [1.54, 1.807) is 24.3 Å². The Kier molecular flexibility index (Phi) is 4.83. The Morgan fingerprint density at radius 3 is 2.65 bits per heavy atom. The number of benzene rings is 1. The van der Waals surface area contributed by atoms with Gasteiger partial charge in [0.2, 0.25) is 5.54 Å². The van der Waals surface area contributed by atoms with Crippen LogP contribution in [0.3, 0.4) is 0 Å². The molecule has 3 N–H and O–H groups in total. The molecule has 0 amide bonds. The summed E-state index contributed by atoms with van der Waals surface area (Å²) in [7, 11) is 0. The van der Waals surface area contributed by atoms with E-state index in [1.807, 2.05) is 6.07 Å². The summed E-state index contributed by atoms with van der Waals surface area (Å²) in [6.07, 6.45) is 2.50. The van der Waals surface area contributed by atoms with Crippen molar-refractivity contribution in [3.63, 3.8) is 0 Å². The van der Waals surface area contributed by atoms with E-state index in [2.05, 4.69) is 15.0 Å². The third kappa shape index (κ3) is 3.35. The van der Waals surface area contributed by atoms with Crippen molar-refractivity contribution in [3.05, 3.63) is 53.7 Å². The van der Waals surface area contributed by atoms with Crippen molar-refractivity contribution in [2.45, 2.75) is 18.7 Å². The lowest BCUT2D eigenvalue weighted by Gasteiger charge is -2.23. The van der Waals surface area contributed by atoms with Crippen LogP contribution in [-0.4, -0.2) is 42.1 Å². The molecule has 9 nitrogen and oxygen atoms in total. The predicted octanol–water partition coefficient (Wildman–Crippen LogP) is 1.01. The van der Waals surface area contributed by atoms with Gasteiger partial charge in [-0.1, -0.05) is 41.9 Å². The van der Waals surface area contributed by atoms with E-state index < -0.39 is 24.0 Å². The smallest absolute Gasteiger partial charge is 0.340 e. The Morgan fingerprint density at radius 2 is 1.96 bits per heavy atom. The molecule has 10 heteroatoms. The van der Waals surface area contributed by atoms with Gasteiger partial charge in [-0.2, -0.15) is 0 Å². The molecule has 0 aliphatic carbocycles. The summed E-state index contributed by atoms with van der Waals surface area (Å²) < 4.78 is 6.42. The molecule has 2 aromatic heterocycles. The SMILES string of the molecule is NC(Cn1cnc2c(Cl)ncnc21)(C(=O)O)C(=O)OCc1ccccc1. The van der Waals surface area contributed by atoms with E-state index in [0.29, 0.717) is 5.56 Å².